The first-order chi connectivity index (χ1) is 10.5. The van der Waals surface area contributed by atoms with Crippen LogP contribution >= 0.6 is 11.6 Å². The van der Waals surface area contributed by atoms with Gasteiger partial charge in [0.2, 0.25) is 0 Å². The first-order valence-electron chi connectivity index (χ1n) is 7.10. The Kier molecular flexibility index (Phi) is 4.18. The quantitative estimate of drug-likeness (QED) is 0.912. The van der Waals surface area contributed by atoms with Gasteiger partial charge in [-0.1, -0.05) is 18.5 Å². The molecule has 116 valence electrons. The molecule has 0 atom stereocenters. The van der Waals surface area contributed by atoms with Crippen LogP contribution in [-0.2, 0) is 4.74 Å². The Morgan fingerprint density at radius 3 is 2.82 bits per heavy atom. The molecule has 1 saturated heterocycles. The van der Waals surface area contributed by atoms with Gasteiger partial charge in [-0.05, 0) is 30.7 Å². The number of nitrogens with one attached hydrogen (secondary N) is 1. The summed E-state index contributed by atoms with van der Waals surface area (Å²) < 4.78 is 11.1. The van der Waals surface area contributed by atoms with Crippen LogP contribution in [0.15, 0.2) is 30.6 Å². The molecule has 0 unspecified atom stereocenters. The number of rotatable bonds is 5. The van der Waals surface area contributed by atoms with Crippen LogP contribution in [0.4, 0.5) is 11.5 Å². The third-order valence-corrected chi connectivity index (χ3v) is 3.74. The van der Waals surface area contributed by atoms with Crippen molar-refractivity contribution in [3.63, 3.8) is 0 Å². The van der Waals surface area contributed by atoms with Crippen molar-refractivity contribution in [1.82, 2.24) is 9.97 Å². The normalized spacial score (nSPS) is 16.0. The molecule has 2 aromatic rings. The molecule has 3 rings (SSSR count). The van der Waals surface area contributed by atoms with Gasteiger partial charge in [0.25, 0.3) is 0 Å². The topological polar surface area (TPSA) is 56.3 Å². The summed E-state index contributed by atoms with van der Waals surface area (Å²) in [5, 5.41) is 3.56. The molecule has 6 heteroatoms. The number of benzene rings is 1. The van der Waals surface area contributed by atoms with E-state index in [1.54, 1.807) is 6.20 Å². The van der Waals surface area contributed by atoms with Crippen molar-refractivity contribution in [3.05, 3.63) is 41.3 Å². The highest BCUT2D eigenvalue weighted by Gasteiger charge is 2.34. The minimum absolute atomic E-state index is 0.140. The van der Waals surface area contributed by atoms with Crippen LogP contribution < -0.4 is 10.1 Å². The number of aryl methyl sites for hydroxylation is 1. The van der Waals surface area contributed by atoms with E-state index in [0.29, 0.717) is 17.6 Å². The first-order valence-corrected chi connectivity index (χ1v) is 7.48. The van der Waals surface area contributed by atoms with E-state index in [2.05, 4.69) is 22.2 Å². The van der Waals surface area contributed by atoms with E-state index in [9.17, 15) is 0 Å². The van der Waals surface area contributed by atoms with Crippen molar-refractivity contribution in [2.45, 2.75) is 13.8 Å². The zero-order valence-electron chi connectivity index (χ0n) is 12.6. The average Bonchev–Trinajstić information content (AvgIpc) is 2.46. The molecule has 0 saturated carbocycles. The number of ether oxygens (including phenoxy) is 2. The summed E-state index contributed by atoms with van der Waals surface area (Å²) in [6.07, 6.45) is 3.13. The van der Waals surface area contributed by atoms with Gasteiger partial charge >= 0.3 is 0 Å². The molecule has 0 spiro atoms. The van der Waals surface area contributed by atoms with Crippen molar-refractivity contribution in [1.29, 1.82) is 0 Å². The lowest BCUT2D eigenvalue weighted by molar-refractivity contribution is -0.120. The summed E-state index contributed by atoms with van der Waals surface area (Å²) in [5.41, 5.74) is 2.15. The number of halogens is 1. The van der Waals surface area contributed by atoms with Gasteiger partial charge in [-0.15, -0.1) is 0 Å². The Morgan fingerprint density at radius 1 is 1.36 bits per heavy atom. The lowest BCUT2D eigenvalue weighted by atomic mass is 9.90. The molecule has 1 aliphatic rings. The van der Waals surface area contributed by atoms with Gasteiger partial charge in [-0.2, -0.15) is 0 Å². The lowest BCUT2D eigenvalue weighted by Crippen LogP contribution is -2.44. The highest BCUT2D eigenvalue weighted by Crippen LogP contribution is 2.29. The minimum atomic E-state index is 0.140. The fourth-order valence-corrected chi connectivity index (χ4v) is 2.35. The number of hydrogen-bond acceptors (Lipinski definition) is 5. The van der Waals surface area contributed by atoms with Crippen LogP contribution in [0.2, 0.25) is 5.15 Å². The molecule has 22 heavy (non-hydrogen) atoms. The monoisotopic (exact) mass is 319 g/mol. The Hall–Kier alpha value is -1.85. The van der Waals surface area contributed by atoms with E-state index >= 15 is 0 Å². The van der Waals surface area contributed by atoms with Crippen LogP contribution in [0.5, 0.6) is 5.75 Å². The van der Waals surface area contributed by atoms with Crippen molar-refractivity contribution >= 4 is 23.1 Å². The molecule has 1 N–H and O–H groups in total. The molecule has 5 nitrogen and oxygen atoms in total. The van der Waals surface area contributed by atoms with Gasteiger partial charge in [0.1, 0.15) is 10.9 Å². The highest BCUT2D eigenvalue weighted by atomic mass is 35.5. The first kappa shape index (κ1) is 15.1. The van der Waals surface area contributed by atoms with E-state index in [4.69, 9.17) is 21.1 Å². The second-order valence-corrected chi connectivity index (χ2v) is 6.31. The number of nitrogens with zero attached hydrogens (tertiary/aromatic N) is 2. The zero-order chi connectivity index (χ0) is 15.6. The maximum Gasteiger partial charge on any atom is 0.150 e. The molecule has 1 aromatic carbocycles. The minimum Gasteiger partial charge on any atom is -0.493 e. The molecule has 1 fully saturated rings. The van der Waals surface area contributed by atoms with Gasteiger partial charge in [0.05, 0.1) is 32.2 Å². The Morgan fingerprint density at radius 2 is 2.18 bits per heavy atom. The summed E-state index contributed by atoms with van der Waals surface area (Å²) in [4.78, 5) is 8.17. The maximum absolute atomic E-state index is 5.86. The molecule has 1 aromatic heterocycles. The molecule has 1 aliphatic heterocycles. The third-order valence-electron chi connectivity index (χ3n) is 3.55. The van der Waals surface area contributed by atoms with Crippen LogP contribution in [0.1, 0.15) is 12.5 Å². The lowest BCUT2D eigenvalue weighted by Gasteiger charge is -2.37. The molecule has 0 bridgehead atoms. The summed E-state index contributed by atoms with van der Waals surface area (Å²) >= 11 is 5.84. The summed E-state index contributed by atoms with van der Waals surface area (Å²) in [7, 11) is 0. The average molecular weight is 320 g/mol. The van der Waals surface area contributed by atoms with Gasteiger partial charge in [-0.3, -0.25) is 4.98 Å². The Balaban J connectivity index is 1.66. The molecule has 0 amide bonds. The number of anilines is 2. The summed E-state index contributed by atoms with van der Waals surface area (Å²) in [5.74, 6) is 1.47. The fourth-order valence-electron chi connectivity index (χ4n) is 2.20. The van der Waals surface area contributed by atoms with E-state index in [-0.39, 0.29) is 5.41 Å². The van der Waals surface area contributed by atoms with Gasteiger partial charge in [0.15, 0.2) is 5.82 Å². The Bertz CT molecular complexity index is 674. The maximum atomic E-state index is 5.86. The second kappa shape index (κ2) is 6.10. The van der Waals surface area contributed by atoms with Gasteiger partial charge < -0.3 is 14.8 Å². The van der Waals surface area contributed by atoms with Crippen LogP contribution in [-0.4, -0.2) is 29.8 Å². The highest BCUT2D eigenvalue weighted by molar-refractivity contribution is 6.29. The zero-order valence-corrected chi connectivity index (χ0v) is 13.4. The molecule has 0 aliphatic carbocycles. The number of hydrogen-bond donors (Lipinski definition) is 1. The number of aromatic nitrogens is 2. The van der Waals surface area contributed by atoms with Crippen molar-refractivity contribution < 1.29 is 9.47 Å². The molecule has 0 radical (unpaired) electrons. The van der Waals surface area contributed by atoms with E-state index < -0.39 is 0 Å². The van der Waals surface area contributed by atoms with Crippen LogP contribution in [0, 0.1) is 12.3 Å². The predicted octanol–water partition coefficient (Wildman–Crippen LogP) is 3.60. The smallest absolute Gasteiger partial charge is 0.150 e. The van der Waals surface area contributed by atoms with Crippen LogP contribution in [0.25, 0.3) is 0 Å². The summed E-state index contributed by atoms with van der Waals surface area (Å²) in [6.45, 7) is 6.37. The van der Waals surface area contributed by atoms with Crippen molar-refractivity contribution in [3.8, 4) is 5.75 Å². The molecular formula is C16H18ClN3O2. The predicted molar refractivity (Wildman–Crippen MR) is 85.9 cm³/mol. The molecular weight excluding hydrogens is 302 g/mol. The Labute approximate surface area is 134 Å². The van der Waals surface area contributed by atoms with Crippen molar-refractivity contribution in [2.75, 3.05) is 25.1 Å². The standard InChI is InChI=1S/C16H18ClN3O2/c1-11-5-12(22-10-16(2)8-21-9-16)3-4-13(11)19-15-7-18-6-14(17)20-15/h3-7H,8-10H2,1-2H3,(H,19,20). The van der Waals surface area contributed by atoms with Crippen molar-refractivity contribution in [2.24, 2.45) is 5.41 Å². The van der Waals surface area contributed by atoms with Gasteiger partial charge in [0, 0.05) is 11.1 Å². The molecule has 2 heterocycles. The third kappa shape index (κ3) is 3.48. The van der Waals surface area contributed by atoms with Gasteiger partial charge in [-0.25, -0.2) is 4.98 Å². The van der Waals surface area contributed by atoms with E-state index in [1.807, 2.05) is 25.1 Å². The SMILES string of the molecule is Cc1cc(OCC2(C)COC2)ccc1Nc1cncc(Cl)n1. The van der Waals surface area contributed by atoms with E-state index in [1.165, 1.54) is 6.20 Å². The summed E-state index contributed by atoms with van der Waals surface area (Å²) in [6, 6.07) is 5.91. The second-order valence-electron chi connectivity index (χ2n) is 5.92. The van der Waals surface area contributed by atoms with E-state index in [0.717, 1.165) is 30.2 Å². The largest absolute Gasteiger partial charge is 0.493 e. The fraction of sp³-hybridized carbons (Fsp3) is 0.375. The van der Waals surface area contributed by atoms with Crippen LogP contribution in [0.3, 0.4) is 0 Å².